The Labute approximate surface area is 200 Å². The van der Waals surface area contributed by atoms with Gasteiger partial charge in [-0.15, -0.1) is 0 Å². The van der Waals surface area contributed by atoms with Crippen molar-refractivity contribution in [1.82, 2.24) is 0 Å². The van der Waals surface area contributed by atoms with E-state index < -0.39 is 0 Å². The van der Waals surface area contributed by atoms with Gasteiger partial charge in [-0.1, -0.05) is 70.9 Å². The van der Waals surface area contributed by atoms with Gasteiger partial charge in [0.05, 0.1) is 11.7 Å². The Bertz CT molecular complexity index is 720. The monoisotopic (exact) mass is 438 g/mol. The van der Waals surface area contributed by atoms with E-state index in [1.807, 2.05) is 6.08 Å². The van der Waals surface area contributed by atoms with Crippen LogP contribution in [0.5, 0.6) is 0 Å². The van der Waals surface area contributed by atoms with Gasteiger partial charge in [0.25, 0.3) is 0 Å². The molecule has 0 aromatic rings. The lowest BCUT2D eigenvalue weighted by atomic mass is 10.0. The molecular formula is C31H50O. The van der Waals surface area contributed by atoms with E-state index in [9.17, 15) is 0 Å². The summed E-state index contributed by atoms with van der Waals surface area (Å²) in [5.41, 5.74) is 7.43. The molecule has 0 radical (unpaired) electrons. The molecule has 1 nitrogen and oxygen atoms in total. The zero-order valence-electron chi connectivity index (χ0n) is 22.2. The molecule has 0 unspecified atom stereocenters. The zero-order chi connectivity index (χ0) is 24.0. The summed E-state index contributed by atoms with van der Waals surface area (Å²) in [6.45, 7) is 19.5. The summed E-state index contributed by atoms with van der Waals surface area (Å²) in [6.07, 6.45) is 25.8. The minimum Gasteiger partial charge on any atom is -0.367 e. The standard InChI is InChI=1S/C31H50O/c1-9-29(21-12-15-25(2)3)22-14-20-27(5)17-11-10-16-26(4)18-13-19-28(6)23-24-30-31(7,8)32-30/h9,15-17,19,22,30H,1,10-14,18,20-21,23-24H2,2-8H3/b26-16+,27-17+,28-19+,29-22-/t30-/m0/s1. The lowest BCUT2D eigenvalue weighted by Crippen LogP contribution is -2.02. The molecule has 0 aromatic heterocycles. The van der Waals surface area contributed by atoms with Crippen LogP contribution >= 0.6 is 0 Å². The van der Waals surface area contributed by atoms with Crippen LogP contribution < -0.4 is 0 Å². The van der Waals surface area contributed by atoms with Crippen LogP contribution in [0.4, 0.5) is 0 Å². The Morgan fingerprint density at radius 3 is 1.66 bits per heavy atom. The first kappa shape index (κ1) is 28.4. The quantitative estimate of drug-likeness (QED) is 0.101. The van der Waals surface area contributed by atoms with E-state index in [1.165, 1.54) is 40.7 Å². The summed E-state index contributed by atoms with van der Waals surface area (Å²) in [7, 11) is 0. The summed E-state index contributed by atoms with van der Waals surface area (Å²) in [6, 6.07) is 0. The first-order valence-corrected chi connectivity index (χ1v) is 12.7. The molecule has 0 spiro atoms. The molecular weight excluding hydrogens is 388 g/mol. The minimum atomic E-state index is 0.128. The highest BCUT2D eigenvalue weighted by molar-refractivity contribution is 5.17. The SMILES string of the molecule is C=C/C(=C/CC/C(C)=C/CC/C=C(\C)CC/C=C(\C)CC[C@@H]1OC1(C)C)CCC=C(C)C. The van der Waals surface area contributed by atoms with Crippen molar-refractivity contribution in [1.29, 1.82) is 0 Å². The fourth-order valence-electron chi connectivity index (χ4n) is 3.91. The van der Waals surface area contributed by atoms with Gasteiger partial charge in [0, 0.05) is 0 Å². The largest absolute Gasteiger partial charge is 0.367 e. The molecule has 1 rings (SSSR count). The normalized spacial score (nSPS) is 19.2. The number of hydrogen-bond donors (Lipinski definition) is 0. The van der Waals surface area contributed by atoms with E-state index in [0.29, 0.717) is 6.10 Å². The molecule has 1 aliphatic heterocycles. The number of allylic oxidation sites excluding steroid dienone is 11. The molecule has 32 heavy (non-hydrogen) atoms. The van der Waals surface area contributed by atoms with E-state index in [2.05, 4.69) is 85.4 Å². The van der Waals surface area contributed by atoms with Gasteiger partial charge in [0.2, 0.25) is 0 Å². The third-order valence-electron chi connectivity index (χ3n) is 6.34. The molecule has 180 valence electrons. The predicted molar refractivity (Wildman–Crippen MR) is 144 cm³/mol. The topological polar surface area (TPSA) is 12.5 Å². The minimum absolute atomic E-state index is 0.128. The highest BCUT2D eigenvalue weighted by Crippen LogP contribution is 2.38. The van der Waals surface area contributed by atoms with Crippen LogP contribution in [0.25, 0.3) is 0 Å². The fraction of sp³-hybridized carbons (Fsp3) is 0.613. The van der Waals surface area contributed by atoms with Crippen molar-refractivity contribution in [3.8, 4) is 0 Å². The maximum Gasteiger partial charge on any atom is 0.0892 e. The van der Waals surface area contributed by atoms with Gasteiger partial charge in [-0.3, -0.25) is 0 Å². The molecule has 1 fully saturated rings. The number of unbranched alkanes of at least 4 members (excludes halogenated alkanes) is 1. The second-order valence-corrected chi connectivity index (χ2v) is 10.4. The van der Waals surface area contributed by atoms with E-state index >= 15 is 0 Å². The van der Waals surface area contributed by atoms with Crippen LogP contribution in [0.15, 0.2) is 70.9 Å². The van der Waals surface area contributed by atoms with E-state index in [1.54, 1.807) is 0 Å². The van der Waals surface area contributed by atoms with Crippen LogP contribution in [0.2, 0.25) is 0 Å². The van der Waals surface area contributed by atoms with E-state index in [-0.39, 0.29) is 5.60 Å². The van der Waals surface area contributed by atoms with E-state index in [0.717, 1.165) is 51.4 Å². The smallest absolute Gasteiger partial charge is 0.0892 e. The molecule has 0 aliphatic carbocycles. The summed E-state index contributed by atoms with van der Waals surface area (Å²) in [4.78, 5) is 0. The fourth-order valence-corrected chi connectivity index (χ4v) is 3.91. The molecule has 0 amide bonds. The van der Waals surface area contributed by atoms with Crippen molar-refractivity contribution in [2.75, 3.05) is 0 Å². The Morgan fingerprint density at radius 2 is 1.16 bits per heavy atom. The molecule has 0 bridgehead atoms. The van der Waals surface area contributed by atoms with Gasteiger partial charge >= 0.3 is 0 Å². The van der Waals surface area contributed by atoms with Crippen molar-refractivity contribution in [2.45, 2.75) is 124 Å². The van der Waals surface area contributed by atoms with E-state index in [4.69, 9.17) is 4.74 Å². The van der Waals surface area contributed by atoms with Gasteiger partial charge < -0.3 is 4.74 Å². The summed E-state index contributed by atoms with van der Waals surface area (Å²) in [5, 5.41) is 0. The molecule has 0 N–H and O–H groups in total. The summed E-state index contributed by atoms with van der Waals surface area (Å²) >= 11 is 0. The number of epoxide rings is 1. The molecule has 1 atom stereocenters. The van der Waals surface area contributed by atoms with Crippen LogP contribution in [-0.2, 0) is 4.74 Å². The second kappa shape index (κ2) is 15.3. The third kappa shape index (κ3) is 13.7. The second-order valence-electron chi connectivity index (χ2n) is 10.4. The van der Waals surface area contributed by atoms with Gasteiger partial charge in [-0.05, 0) is 113 Å². The Kier molecular flexibility index (Phi) is 13.6. The molecule has 1 heteroatoms. The zero-order valence-corrected chi connectivity index (χ0v) is 22.2. The van der Waals surface area contributed by atoms with Crippen LogP contribution in [0.1, 0.15) is 113 Å². The van der Waals surface area contributed by atoms with Crippen molar-refractivity contribution >= 4 is 0 Å². The summed E-state index contributed by atoms with van der Waals surface area (Å²) in [5.74, 6) is 0. The number of ether oxygens (including phenoxy) is 1. The average Bonchev–Trinajstić information content (AvgIpc) is 3.34. The van der Waals surface area contributed by atoms with Crippen LogP contribution in [0.3, 0.4) is 0 Å². The maximum atomic E-state index is 5.68. The Hall–Kier alpha value is -1.60. The molecule has 1 saturated heterocycles. The molecule has 1 aliphatic rings. The predicted octanol–water partition coefficient (Wildman–Crippen LogP) is 9.98. The number of rotatable bonds is 16. The van der Waals surface area contributed by atoms with Gasteiger partial charge in [-0.25, -0.2) is 0 Å². The van der Waals surface area contributed by atoms with Crippen molar-refractivity contribution < 1.29 is 4.74 Å². The highest BCUT2D eigenvalue weighted by atomic mass is 16.6. The Balaban J connectivity index is 2.21. The lowest BCUT2D eigenvalue weighted by molar-refractivity contribution is 0.320. The lowest BCUT2D eigenvalue weighted by Gasteiger charge is -2.03. The number of hydrogen-bond acceptors (Lipinski definition) is 1. The van der Waals surface area contributed by atoms with Crippen LogP contribution in [-0.4, -0.2) is 11.7 Å². The maximum absolute atomic E-state index is 5.68. The van der Waals surface area contributed by atoms with Crippen molar-refractivity contribution in [2.24, 2.45) is 0 Å². The summed E-state index contributed by atoms with van der Waals surface area (Å²) < 4.78 is 5.68. The van der Waals surface area contributed by atoms with Crippen molar-refractivity contribution in [3.63, 3.8) is 0 Å². The first-order valence-electron chi connectivity index (χ1n) is 12.7. The molecule has 0 saturated carbocycles. The molecule has 1 heterocycles. The molecule has 0 aromatic carbocycles. The highest BCUT2D eigenvalue weighted by Gasteiger charge is 2.46. The van der Waals surface area contributed by atoms with Crippen molar-refractivity contribution in [3.05, 3.63) is 70.9 Å². The van der Waals surface area contributed by atoms with Crippen LogP contribution in [0, 0.1) is 0 Å². The van der Waals surface area contributed by atoms with Gasteiger partial charge in [-0.2, -0.15) is 0 Å². The first-order chi connectivity index (χ1) is 15.1. The van der Waals surface area contributed by atoms with Gasteiger partial charge in [0.15, 0.2) is 0 Å². The third-order valence-corrected chi connectivity index (χ3v) is 6.34. The average molecular weight is 439 g/mol. The Morgan fingerprint density at radius 1 is 0.688 bits per heavy atom. The van der Waals surface area contributed by atoms with Gasteiger partial charge in [0.1, 0.15) is 0 Å².